The molecule has 0 N–H and O–H groups in total. The Bertz CT molecular complexity index is 709. The maximum atomic E-state index is 6.19. The van der Waals surface area contributed by atoms with Gasteiger partial charge in [-0.3, -0.25) is 0 Å². The Balaban J connectivity index is 2.14. The number of rotatable bonds is 38. The molecule has 0 amide bonds. The van der Waals surface area contributed by atoms with E-state index in [1.54, 1.807) is 0 Å². The molecule has 1 aromatic rings. The molecule has 0 aliphatic rings. The van der Waals surface area contributed by atoms with Crippen LogP contribution >= 0.6 is 8.60 Å². The van der Waals surface area contributed by atoms with E-state index in [0.717, 1.165) is 44.6 Å². The molecule has 48 heavy (non-hydrogen) atoms. The Morgan fingerprint density at radius 2 is 0.812 bits per heavy atom. The van der Waals surface area contributed by atoms with Crippen LogP contribution in [0.4, 0.5) is 0 Å². The minimum absolute atomic E-state index is 0.419. The molecule has 1 rings (SSSR count). The third-order valence-corrected chi connectivity index (χ3v) is 10.4. The monoisotopic (exact) mass is 695 g/mol. The first-order chi connectivity index (χ1) is 23.7. The minimum atomic E-state index is -1.38. The van der Waals surface area contributed by atoms with Gasteiger partial charge in [0.1, 0.15) is 5.75 Å². The topological polar surface area (TPSA) is 46.2 Å². The van der Waals surface area contributed by atoms with Crippen molar-refractivity contribution in [1.29, 1.82) is 0 Å². The van der Waals surface area contributed by atoms with Crippen molar-refractivity contribution in [2.75, 3.05) is 26.4 Å². The fraction of sp³-hybridized carbons (Fsp3) is 0.857. The molecule has 282 valence electrons. The predicted molar refractivity (Wildman–Crippen MR) is 208 cm³/mol. The summed E-state index contributed by atoms with van der Waals surface area (Å²) in [5.41, 5.74) is 0. The summed E-state index contributed by atoms with van der Waals surface area (Å²) in [4.78, 5) is 0. The number of unbranched alkanes of at least 4 members (excludes halogenated alkanes) is 18. The van der Waals surface area contributed by atoms with Crippen LogP contribution in [0.1, 0.15) is 195 Å². The van der Waals surface area contributed by atoms with Gasteiger partial charge in [0.05, 0.1) is 25.4 Å². The number of ether oxygens (including phenoxy) is 2. The molecule has 0 aliphatic carbocycles. The zero-order valence-electron chi connectivity index (χ0n) is 32.2. The van der Waals surface area contributed by atoms with E-state index in [-0.39, 0.29) is 0 Å². The summed E-state index contributed by atoms with van der Waals surface area (Å²) in [5, 5.41) is 0. The Hall–Kier alpha value is -0.710. The highest BCUT2D eigenvalue weighted by Crippen LogP contribution is 2.41. The second kappa shape index (κ2) is 36.1. The molecule has 0 heterocycles. The van der Waals surface area contributed by atoms with E-state index < -0.39 is 8.60 Å². The second-order valence-corrected chi connectivity index (χ2v) is 14.9. The molecule has 0 aliphatic heterocycles. The van der Waals surface area contributed by atoms with Crippen LogP contribution in [0.25, 0.3) is 0 Å². The first-order valence-electron chi connectivity index (χ1n) is 20.8. The van der Waals surface area contributed by atoms with Crippen LogP contribution in [-0.4, -0.2) is 38.6 Å². The van der Waals surface area contributed by atoms with Gasteiger partial charge in [-0.1, -0.05) is 161 Å². The smallest absolute Gasteiger partial charge is 0.397 e. The summed E-state index contributed by atoms with van der Waals surface area (Å²) in [6, 6.07) is 9.94. The van der Waals surface area contributed by atoms with Gasteiger partial charge < -0.3 is 23.0 Å². The molecule has 0 aromatic heterocycles. The summed E-state index contributed by atoms with van der Waals surface area (Å²) in [6.07, 6.45) is 33.5. The van der Waals surface area contributed by atoms with E-state index in [1.165, 1.54) is 141 Å². The van der Waals surface area contributed by atoms with E-state index in [1.807, 2.05) is 30.3 Å². The molecule has 1 aromatic carbocycles. The average Bonchev–Trinajstić information content (AvgIpc) is 3.11. The van der Waals surface area contributed by atoms with Gasteiger partial charge in [0, 0.05) is 13.2 Å². The highest BCUT2D eigenvalue weighted by molar-refractivity contribution is 7.42. The van der Waals surface area contributed by atoms with Crippen LogP contribution in [0.15, 0.2) is 30.3 Å². The maximum absolute atomic E-state index is 6.19. The molecule has 0 spiro atoms. The third-order valence-electron chi connectivity index (χ3n) is 9.27. The third kappa shape index (κ3) is 29.1. The number of hydrogen-bond donors (Lipinski definition) is 0. The lowest BCUT2D eigenvalue weighted by Gasteiger charge is -2.18. The van der Waals surface area contributed by atoms with Crippen molar-refractivity contribution in [1.82, 2.24) is 0 Å². The average molecular weight is 695 g/mol. The Labute approximate surface area is 300 Å². The van der Waals surface area contributed by atoms with Crippen molar-refractivity contribution in [2.24, 2.45) is 0 Å². The Kier molecular flexibility index (Phi) is 34.1. The van der Waals surface area contributed by atoms with Crippen LogP contribution in [0, 0.1) is 0 Å². The normalized spacial score (nSPS) is 13.5. The number of benzene rings is 1. The van der Waals surface area contributed by atoms with E-state index in [9.17, 15) is 0 Å². The van der Waals surface area contributed by atoms with E-state index >= 15 is 0 Å². The molecular formula is C42H79O5P. The van der Waals surface area contributed by atoms with Gasteiger partial charge >= 0.3 is 8.60 Å². The fourth-order valence-electron chi connectivity index (χ4n) is 6.02. The molecular weight excluding hydrogens is 615 g/mol. The SMILES string of the molecule is CCCCCCCCCOC(CC)CCCCCCOP(OCCCCCCC(CC)OCCCCCCCCC)Oc1ccccc1. The predicted octanol–water partition coefficient (Wildman–Crippen LogP) is 14.3. The van der Waals surface area contributed by atoms with Gasteiger partial charge in [0.2, 0.25) is 0 Å². The standard InChI is InChI=1S/C42H79O5P/c1-5-9-11-13-15-19-28-36-43-40(7-3)32-24-17-21-30-38-45-48(47-42-34-26-23-27-35-42)46-39-31-22-18-25-33-41(8-4)44-37-29-20-16-14-12-10-6-2/h23,26-27,34-35,40-41H,5-22,24-25,28-33,36-39H2,1-4H3. The van der Waals surface area contributed by atoms with Crippen molar-refractivity contribution in [3.8, 4) is 5.75 Å². The highest BCUT2D eigenvalue weighted by atomic mass is 31.2. The Morgan fingerprint density at radius 1 is 0.438 bits per heavy atom. The van der Waals surface area contributed by atoms with Crippen LogP contribution in [0.2, 0.25) is 0 Å². The van der Waals surface area contributed by atoms with Crippen molar-refractivity contribution in [3.63, 3.8) is 0 Å². The van der Waals surface area contributed by atoms with E-state index in [2.05, 4.69) is 27.7 Å². The van der Waals surface area contributed by atoms with Gasteiger partial charge in [0.25, 0.3) is 0 Å². The van der Waals surface area contributed by atoms with Gasteiger partial charge in [-0.15, -0.1) is 0 Å². The van der Waals surface area contributed by atoms with E-state index in [0.29, 0.717) is 25.4 Å². The minimum Gasteiger partial charge on any atom is -0.427 e. The van der Waals surface area contributed by atoms with E-state index in [4.69, 9.17) is 23.0 Å². The first kappa shape index (κ1) is 45.3. The van der Waals surface area contributed by atoms with Gasteiger partial charge in [-0.25, -0.2) is 0 Å². The van der Waals surface area contributed by atoms with Crippen molar-refractivity contribution >= 4 is 8.60 Å². The zero-order chi connectivity index (χ0) is 34.6. The van der Waals surface area contributed by atoms with Gasteiger partial charge in [0.15, 0.2) is 0 Å². The Morgan fingerprint density at radius 3 is 1.23 bits per heavy atom. The molecule has 0 fully saturated rings. The number of para-hydroxylation sites is 1. The van der Waals surface area contributed by atoms with Crippen LogP contribution in [0.5, 0.6) is 5.75 Å². The van der Waals surface area contributed by atoms with Crippen LogP contribution in [-0.2, 0) is 18.5 Å². The lowest BCUT2D eigenvalue weighted by molar-refractivity contribution is 0.0405. The quantitative estimate of drug-likeness (QED) is 0.0509. The molecule has 0 saturated heterocycles. The molecule has 0 saturated carbocycles. The zero-order valence-corrected chi connectivity index (χ0v) is 33.1. The largest absolute Gasteiger partial charge is 0.427 e. The molecule has 6 heteroatoms. The lowest BCUT2D eigenvalue weighted by Crippen LogP contribution is -2.12. The molecule has 5 nitrogen and oxygen atoms in total. The van der Waals surface area contributed by atoms with Crippen LogP contribution in [0.3, 0.4) is 0 Å². The molecule has 0 radical (unpaired) electrons. The number of hydrogen-bond acceptors (Lipinski definition) is 5. The van der Waals surface area contributed by atoms with Crippen molar-refractivity contribution < 1.29 is 23.0 Å². The highest BCUT2D eigenvalue weighted by Gasteiger charge is 2.15. The first-order valence-corrected chi connectivity index (χ1v) is 21.8. The van der Waals surface area contributed by atoms with Crippen molar-refractivity contribution in [2.45, 2.75) is 207 Å². The lowest BCUT2D eigenvalue weighted by atomic mass is 10.1. The summed E-state index contributed by atoms with van der Waals surface area (Å²) >= 11 is 0. The summed E-state index contributed by atoms with van der Waals surface area (Å²) < 4.78 is 30.8. The van der Waals surface area contributed by atoms with Crippen molar-refractivity contribution in [3.05, 3.63) is 30.3 Å². The summed E-state index contributed by atoms with van der Waals surface area (Å²) in [6.45, 7) is 12.3. The summed E-state index contributed by atoms with van der Waals surface area (Å²) in [7, 11) is -1.38. The second-order valence-electron chi connectivity index (χ2n) is 13.7. The molecule has 0 bridgehead atoms. The van der Waals surface area contributed by atoms with Gasteiger partial charge in [-0.2, -0.15) is 0 Å². The molecule has 2 atom stereocenters. The van der Waals surface area contributed by atoms with Gasteiger partial charge in [-0.05, 0) is 63.5 Å². The summed E-state index contributed by atoms with van der Waals surface area (Å²) in [5.74, 6) is 0.813. The maximum Gasteiger partial charge on any atom is 0.397 e. The fourth-order valence-corrected chi connectivity index (χ4v) is 7.05. The molecule has 2 unspecified atom stereocenters. The van der Waals surface area contributed by atoms with Crippen LogP contribution < -0.4 is 4.52 Å².